The molecule has 98 valence electrons. The first kappa shape index (κ1) is 12.2. The molecule has 0 unspecified atom stereocenters. The van der Waals surface area contributed by atoms with E-state index in [-0.39, 0.29) is 11.5 Å². The van der Waals surface area contributed by atoms with Crippen molar-refractivity contribution in [1.82, 2.24) is 14.9 Å². The van der Waals surface area contributed by atoms with Gasteiger partial charge in [-0.25, -0.2) is 4.98 Å². The number of amides is 1. The third-order valence-corrected chi connectivity index (χ3v) is 3.57. The molecule has 0 bridgehead atoms. The van der Waals surface area contributed by atoms with Crippen molar-refractivity contribution in [3.8, 4) is 0 Å². The van der Waals surface area contributed by atoms with E-state index in [1.807, 2.05) is 0 Å². The molecule has 2 heterocycles. The lowest BCUT2D eigenvalue weighted by molar-refractivity contribution is -0.125. The average Bonchev–Trinajstić information content (AvgIpc) is 2.41. The highest BCUT2D eigenvalue weighted by Gasteiger charge is 2.25. The molecule has 1 amide bonds. The number of rotatable bonds is 1. The van der Waals surface area contributed by atoms with Gasteiger partial charge in [0.2, 0.25) is 5.91 Å². The largest absolute Gasteiger partial charge is 0.354 e. The molecule has 1 aromatic heterocycles. The van der Waals surface area contributed by atoms with Gasteiger partial charge in [0.15, 0.2) is 0 Å². The summed E-state index contributed by atoms with van der Waals surface area (Å²) in [6, 6.07) is 4.50. The third kappa shape index (κ3) is 2.10. The van der Waals surface area contributed by atoms with E-state index in [4.69, 9.17) is 11.6 Å². The van der Waals surface area contributed by atoms with Crippen molar-refractivity contribution in [1.29, 1.82) is 0 Å². The SMILES string of the molecule is O=C1NCCC[C@@H]1n1cnc2ccc(Cl)cc2c1=O. The summed E-state index contributed by atoms with van der Waals surface area (Å²) >= 11 is 5.90. The van der Waals surface area contributed by atoms with E-state index >= 15 is 0 Å². The minimum Gasteiger partial charge on any atom is -0.354 e. The summed E-state index contributed by atoms with van der Waals surface area (Å²) in [5.74, 6) is -0.128. The van der Waals surface area contributed by atoms with E-state index in [9.17, 15) is 9.59 Å². The van der Waals surface area contributed by atoms with Gasteiger partial charge in [0, 0.05) is 11.6 Å². The second kappa shape index (κ2) is 4.66. The number of carbonyl (C=O) groups is 1. The lowest BCUT2D eigenvalue weighted by atomic mass is 10.1. The van der Waals surface area contributed by atoms with Gasteiger partial charge in [-0.3, -0.25) is 14.2 Å². The van der Waals surface area contributed by atoms with Crippen LogP contribution in [-0.4, -0.2) is 22.0 Å². The van der Waals surface area contributed by atoms with E-state index < -0.39 is 6.04 Å². The number of piperidine rings is 1. The van der Waals surface area contributed by atoms with Crippen LogP contribution in [0.1, 0.15) is 18.9 Å². The number of aromatic nitrogens is 2. The zero-order chi connectivity index (χ0) is 13.4. The van der Waals surface area contributed by atoms with Gasteiger partial charge in [0.05, 0.1) is 17.2 Å². The molecule has 5 nitrogen and oxygen atoms in total. The van der Waals surface area contributed by atoms with Gasteiger partial charge in [0.25, 0.3) is 5.56 Å². The summed E-state index contributed by atoms with van der Waals surface area (Å²) in [6.07, 6.45) is 2.95. The minimum atomic E-state index is -0.475. The number of nitrogens with one attached hydrogen (secondary N) is 1. The fourth-order valence-electron chi connectivity index (χ4n) is 2.35. The number of fused-ring (bicyclic) bond motifs is 1. The summed E-state index contributed by atoms with van der Waals surface area (Å²) in [5.41, 5.74) is 0.358. The molecule has 2 aromatic rings. The maximum absolute atomic E-state index is 12.4. The Morgan fingerprint density at radius 2 is 2.21 bits per heavy atom. The molecule has 6 heteroatoms. The highest BCUT2D eigenvalue weighted by molar-refractivity contribution is 6.31. The van der Waals surface area contributed by atoms with E-state index in [0.717, 1.165) is 6.42 Å². The third-order valence-electron chi connectivity index (χ3n) is 3.34. The molecule has 1 saturated heterocycles. The van der Waals surface area contributed by atoms with Crippen LogP contribution in [0.3, 0.4) is 0 Å². The Balaban J connectivity index is 2.17. The van der Waals surface area contributed by atoms with Gasteiger partial charge in [-0.1, -0.05) is 11.6 Å². The maximum atomic E-state index is 12.4. The molecule has 19 heavy (non-hydrogen) atoms. The molecule has 1 fully saturated rings. The van der Waals surface area contributed by atoms with E-state index in [1.54, 1.807) is 18.2 Å². The van der Waals surface area contributed by atoms with E-state index in [2.05, 4.69) is 10.3 Å². The topological polar surface area (TPSA) is 64.0 Å². The smallest absolute Gasteiger partial charge is 0.261 e. The van der Waals surface area contributed by atoms with Crippen LogP contribution in [0.15, 0.2) is 29.3 Å². The molecule has 1 atom stereocenters. The lowest BCUT2D eigenvalue weighted by Gasteiger charge is -2.23. The molecule has 1 aliphatic rings. The molecular formula is C13H12ClN3O2. The summed E-state index contributed by atoms with van der Waals surface area (Å²) in [6.45, 7) is 0.664. The Morgan fingerprint density at radius 1 is 1.37 bits per heavy atom. The summed E-state index contributed by atoms with van der Waals surface area (Å²) in [7, 11) is 0. The van der Waals surface area contributed by atoms with Crippen LogP contribution < -0.4 is 10.9 Å². The van der Waals surface area contributed by atoms with Gasteiger partial charge >= 0.3 is 0 Å². The first-order valence-electron chi connectivity index (χ1n) is 6.11. The van der Waals surface area contributed by atoms with E-state index in [1.165, 1.54) is 10.9 Å². The normalized spacial score (nSPS) is 19.4. The molecule has 0 saturated carbocycles. The second-order valence-corrected chi connectivity index (χ2v) is 5.00. The van der Waals surface area contributed by atoms with Crippen molar-refractivity contribution in [2.24, 2.45) is 0 Å². The molecule has 3 rings (SSSR count). The molecule has 0 radical (unpaired) electrons. The van der Waals surface area contributed by atoms with Gasteiger partial charge in [-0.2, -0.15) is 0 Å². The zero-order valence-electron chi connectivity index (χ0n) is 10.1. The van der Waals surface area contributed by atoms with Crippen molar-refractivity contribution in [3.63, 3.8) is 0 Å². The first-order valence-corrected chi connectivity index (χ1v) is 6.49. The Kier molecular flexibility index (Phi) is 2.98. The van der Waals surface area contributed by atoms with Crippen molar-refractivity contribution in [2.75, 3.05) is 6.54 Å². The Hall–Kier alpha value is -1.88. The molecule has 0 spiro atoms. The van der Waals surface area contributed by atoms with Crippen LogP contribution in [0.2, 0.25) is 5.02 Å². The minimum absolute atomic E-state index is 0.128. The Morgan fingerprint density at radius 3 is 3.00 bits per heavy atom. The van der Waals surface area contributed by atoms with Crippen LogP contribution in [0.5, 0.6) is 0 Å². The predicted molar refractivity (Wildman–Crippen MR) is 72.3 cm³/mol. The number of hydrogen-bond donors (Lipinski definition) is 1. The fraction of sp³-hybridized carbons (Fsp3) is 0.308. The van der Waals surface area contributed by atoms with Gasteiger partial charge in [0.1, 0.15) is 6.04 Å². The van der Waals surface area contributed by atoms with E-state index in [0.29, 0.717) is 28.9 Å². The summed E-state index contributed by atoms with van der Waals surface area (Å²) < 4.78 is 1.40. The second-order valence-electron chi connectivity index (χ2n) is 4.57. The van der Waals surface area contributed by atoms with Crippen molar-refractivity contribution >= 4 is 28.4 Å². The summed E-state index contributed by atoms with van der Waals surface area (Å²) in [5, 5.41) is 3.69. The lowest BCUT2D eigenvalue weighted by Crippen LogP contribution is -2.41. The number of hydrogen-bond acceptors (Lipinski definition) is 3. The number of nitrogens with zero attached hydrogens (tertiary/aromatic N) is 2. The first-order chi connectivity index (χ1) is 9.16. The fourth-order valence-corrected chi connectivity index (χ4v) is 2.52. The maximum Gasteiger partial charge on any atom is 0.261 e. The molecule has 0 aliphatic carbocycles. The Labute approximate surface area is 114 Å². The standard InChI is InChI=1S/C13H12ClN3O2/c14-8-3-4-10-9(6-8)13(19)17(7-16-10)11-2-1-5-15-12(11)18/h3-4,6-7,11H,1-2,5H2,(H,15,18)/t11-/m0/s1. The average molecular weight is 278 g/mol. The zero-order valence-corrected chi connectivity index (χ0v) is 10.9. The van der Waals surface area contributed by atoms with Crippen molar-refractivity contribution in [2.45, 2.75) is 18.9 Å². The molecule has 1 N–H and O–H groups in total. The van der Waals surface area contributed by atoms with Crippen LogP contribution in [0.4, 0.5) is 0 Å². The highest BCUT2D eigenvalue weighted by atomic mass is 35.5. The van der Waals surface area contributed by atoms with Gasteiger partial charge in [-0.15, -0.1) is 0 Å². The number of halogens is 1. The van der Waals surface area contributed by atoms with Crippen LogP contribution in [0, 0.1) is 0 Å². The van der Waals surface area contributed by atoms with Crippen LogP contribution in [0.25, 0.3) is 10.9 Å². The van der Waals surface area contributed by atoms with Crippen molar-refractivity contribution < 1.29 is 4.79 Å². The number of benzene rings is 1. The molecule has 1 aliphatic heterocycles. The van der Waals surface area contributed by atoms with Crippen LogP contribution >= 0.6 is 11.6 Å². The highest BCUT2D eigenvalue weighted by Crippen LogP contribution is 2.18. The molecular weight excluding hydrogens is 266 g/mol. The molecule has 1 aromatic carbocycles. The van der Waals surface area contributed by atoms with Gasteiger partial charge in [-0.05, 0) is 31.0 Å². The van der Waals surface area contributed by atoms with Gasteiger partial charge < -0.3 is 5.32 Å². The quantitative estimate of drug-likeness (QED) is 0.859. The van der Waals surface area contributed by atoms with Crippen LogP contribution in [-0.2, 0) is 4.79 Å². The predicted octanol–water partition coefficient (Wildman–Crippen LogP) is 1.50. The van der Waals surface area contributed by atoms with Crippen molar-refractivity contribution in [3.05, 3.63) is 39.9 Å². The summed E-state index contributed by atoms with van der Waals surface area (Å²) in [4.78, 5) is 28.5. The number of carbonyl (C=O) groups excluding carboxylic acids is 1. The Bertz CT molecular complexity index is 711. The monoisotopic (exact) mass is 277 g/mol.